The van der Waals surface area contributed by atoms with Crippen LogP contribution in [0.15, 0.2) is 30.3 Å². The normalized spacial score (nSPS) is 10.2. The number of anilines is 1. The van der Waals surface area contributed by atoms with Crippen LogP contribution in [-0.2, 0) is 4.79 Å². The van der Waals surface area contributed by atoms with E-state index in [0.29, 0.717) is 5.69 Å². The molecule has 0 unspecified atom stereocenters. The molecule has 0 saturated heterocycles. The van der Waals surface area contributed by atoms with Gasteiger partial charge in [0.25, 0.3) is 11.8 Å². The van der Waals surface area contributed by atoms with Crippen LogP contribution in [0, 0.1) is 5.82 Å². The van der Waals surface area contributed by atoms with Crippen LogP contribution in [0.4, 0.5) is 10.1 Å². The number of amides is 2. The van der Waals surface area contributed by atoms with Crippen LogP contribution < -0.4 is 25.3 Å². The number of nitrogens with one attached hydrogen (secondary N) is 1. The van der Waals surface area contributed by atoms with Crippen molar-refractivity contribution in [1.82, 2.24) is 0 Å². The van der Waals surface area contributed by atoms with Crippen LogP contribution in [-0.4, -0.2) is 32.6 Å². The first-order chi connectivity index (χ1) is 12.3. The molecule has 0 fully saturated rings. The average Bonchev–Trinajstić information content (AvgIpc) is 2.62. The Hall–Kier alpha value is -3.00. The predicted octanol–water partition coefficient (Wildman–Crippen LogP) is 2.61. The third-order valence-electron chi connectivity index (χ3n) is 3.26. The molecule has 0 aromatic heterocycles. The van der Waals surface area contributed by atoms with Crippen molar-refractivity contribution in [1.29, 1.82) is 0 Å². The van der Waals surface area contributed by atoms with Gasteiger partial charge < -0.3 is 25.3 Å². The fourth-order valence-electron chi connectivity index (χ4n) is 2.07. The maximum Gasteiger partial charge on any atom is 0.255 e. The van der Waals surface area contributed by atoms with Crippen molar-refractivity contribution in [3.05, 3.63) is 46.7 Å². The number of methoxy groups -OCH3 is 2. The summed E-state index contributed by atoms with van der Waals surface area (Å²) in [5.41, 5.74) is 5.56. The maximum absolute atomic E-state index is 13.2. The van der Waals surface area contributed by atoms with E-state index in [9.17, 15) is 14.0 Å². The number of carbonyl (C=O) groups is 2. The molecule has 2 rings (SSSR count). The number of halogens is 2. The largest absolute Gasteiger partial charge is 0.493 e. The number of ether oxygens (including phenoxy) is 3. The second-order valence-corrected chi connectivity index (χ2v) is 5.46. The van der Waals surface area contributed by atoms with Gasteiger partial charge in [-0.15, -0.1) is 0 Å². The number of benzene rings is 2. The Morgan fingerprint density at radius 2 is 1.77 bits per heavy atom. The molecule has 0 radical (unpaired) electrons. The van der Waals surface area contributed by atoms with Gasteiger partial charge in [-0.2, -0.15) is 0 Å². The van der Waals surface area contributed by atoms with Crippen LogP contribution in [0.3, 0.4) is 0 Å². The zero-order valence-corrected chi connectivity index (χ0v) is 14.7. The molecule has 3 N–H and O–H groups in total. The van der Waals surface area contributed by atoms with E-state index in [-0.39, 0.29) is 34.4 Å². The van der Waals surface area contributed by atoms with E-state index in [0.717, 1.165) is 6.07 Å². The zero-order valence-electron chi connectivity index (χ0n) is 14.0. The van der Waals surface area contributed by atoms with Gasteiger partial charge in [0.2, 0.25) is 5.75 Å². The Morgan fingerprint density at radius 1 is 1.15 bits per heavy atom. The molecule has 2 amide bonds. The molecule has 0 heterocycles. The molecule has 138 valence electrons. The SMILES string of the molecule is COc1cc(C(=O)Nc2ccc(F)c(Cl)c2)cc(OC)c1OCC(N)=O. The first-order valence-corrected chi connectivity index (χ1v) is 7.67. The predicted molar refractivity (Wildman–Crippen MR) is 93.6 cm³/mol. The lowest BCUT2D eigenvalue weighted by Gasteiger charge is -2.15. The lowest BCUT2D eigenvalue weighted by atomic mass is 10.1. The molecular formula is C17H16ClFN2O5. The van der Waals surface area contributed by atoms with Crippen LogP contribution in [0.1, 0.15) is 10.4 Å². The van der Waals surface area contributed by atoms with Crippen LogP contribution >= 0.6 is 11.6 Å². The molecule has 2 aromatic carbocycles. The quantitative estimate of drug-likeness (QED) is 0.766. The molecule has 9 heteroatoms. The minimum atomic E-state index is -0.677. The molecule has 0 aliphatic heterocycles. The topological polar surface area (TPSA) is 99.9 Å². The summed E-state index contributed by atoms with van der Waals surface area (Å²) in [7, 11) is 2.74. The highest BCUT2D eigenvalue weighted by Crippen LogP contribution is 2.38. The first-order valence-electron chi connectivity index (χ1n) is 7.29. The highest BCUT2D eigenvalue weighted by atomic mass is 35.5. The molecule has 7 nitrogen and oxygen atoms in total. The minimum absolute atomic E-state index is 0.117. The maximum atomic E-state index is 13.2. The lowest BCUT2D eigenvalue weighted by molar-refractivity contribution is -0.120. The number of carbonyl (C=O) groups excluding carboxylic acids is 2. The number of primary amides is 1. The highest BCUT2D eigenvalue weighted by molar-refractivity contribution is 6.31. The number of hydrogen-bond donors (Lipinski definition) is 2. The molecular weight excluding hydrogens is 367 g/mol. The van der Waals surface area contributed by atoms with E-state index in [4.69, 9.17) is 31.5 Å². The lowest BCUT2D eigenvalue weighted by Crippen LogP contribution is -2.20. The smallest absolute Gasteiger partial charge is 0.255 e. The van der Waals surface area contributed by atoms with E-state index in [1.165, 1.54) is 38.5 Å². The van der Waals surface area contributed by atoms with Crippen molar-refractivity contribution in [2.24, 2.45) is 5.73 Å². The van der Waals surface area contributed by atoms with Gasteiger partial charge >= 0.3 is 0 Å². The Kier molecular flexibility index (Phi) is 6.24. The van der Waals surface area contributed by atoms with E-state index in [2.05, 4.69) is 5.32 Å². The first kappa shape index (κ1) is 19.3. The number of hydrogen-bond acceptors (Lipinski definition) is 5. The summed E-state index contributed by atoms with van der Waals surface area (Å²) < 4.78 is 28.9. The molecule has 0 atom stereocenters. The van der Waals surface area contributed by atoms with Crippen molar-refractivity contribution in [3.8, 4) is 17.2 Å². The summed E-state index contributed by atoms with van der Waals surface area (Å²) in [6.45, 7) is -0.383. The summed E-state index contributed by atoms with van der Waals surface area (Å²) in [6, 6.07) is 6.60. The van der Waals surface area contributed by atoms with Gasteiger partial charge in [0, 0.05) is 11.3 Å². The summed E-state index contributed by atoms with van der Waals surface area (Å²) in [5.74, 6) is -1.30. The monoisotopic (exact) mass is 382 g/mol. The summed E-state index contributed by atoms with van der Waals surface area (Å²) >= 11 is 5.70. The molecule has 0 aliphatic carbocycles. The van der Waals surface area contributed by atoms with Crippen LogP contribution in [0.25, 0.3) is 0 Å². The molecule has 0 bridgehead atoms. The van der Waals surface area contributed by atoms with Crippen molar-refractivity contribution in [2.75, 3.05) is 26.1 Å². The standard InChI is InChI=1S/C17H16ClFN2O5/c1-24-13-5-9(6-14(25-2)16(13)26-8-15(20)22)17(23)21-10-3-4-12(19)11(18)7-10/h3-7H,8H2,1-2H3,(H2,20,22)(H,21,23). The zero-order chi connectivity index (χ0) is 19.3. The van der Waals surface area contributed by atoms with E-state index in [1.807, 2.05) is 0 Å². The van der Waals surface area contributed by atoms with Gasteiger partial charge in [-0.05, 0) is 30.3 Å². The van der Waals surface area contributed by atoms with Gasteiger partial charge in [-0.25, -0.2) is 4.39 Å². The minimum Gasteiger partial charge on any atom is -0.493 e. The molecule has 0 aliphatic rings. The fraction of sp³-hybridized carbons (Fsp3) is 0.176. The van der Waals surface area contributed by atoms with Gasteiger partial charge in [0.15, 0.2) is 18.1 Å². The fourth-order valence-corrected chi connectivity index (χ4v) is 2.25. The van der Waals surface area contributed by atoms with Gasteiger partial charge in [-0.3, -0.25) is 9.59 Å². The molecule has 26 heavy (non-hydrogen) atoms. The second kappa shape index (κ2) is 8.39. The Balaban J connectivity index is 2.31. The van der Waals surface area contributed by atoms with Crippen molar-refractivity contribution in [2.45, 2.75) is 0 Å². The Bertz CT molecular complexity index is 819. The summed E-state index contributed by atoms with van der Waals surface area (Å²) in [4.78, 5) is 23.4. The highest BCUT2D eigenvalue weighted by Gasteiger charge is 2.18. The van der Waals surface area contributed by atoms with Crippen LogP contribution in [0.2, 0.25) is 5.02 Å². The Morgan fingerprint density at radius 3 is 2.27 bits per heavy atom. The van der Waals surface area contributed by atoms with Crippen molar-refractivity contribution < 1.29 is 28.2 Å². The average molecular weight is 383 g/mol. The van der Waals surface area contributed by atoms with Crippen molar-refractivity contribution >= 4 is 29.1 Å². The second-order valence-electron chi connectivity index (χ2n) is 5.05. The molecule has 2 aromatic rings. The van der Waals surface area contributed by atoms with Crippen LogP contribution in [0.5, 0.6) is 17.2 Å². The summed E-state index contributed by atoms with van der Waals surface area (Å²) in [6.07, 6.45) is 0. The Labute approximate surface area is 153 Å². The molecule has 0 spiro atoms. The number of rotatable bonds is 7. The third-order valence-corrected chi connectivity index (χ3v) is 3.55. The van der Waals surface area contributed by atoms with E-state index >= 15 is 0 Å². The van der Waals surface area contributed by atoms with E-state index in [1.54, 1.807) is 0 Å². The molecule has 0 saturated carbocycles. The number of nitrogens with two attached hydrogens (primary N) is 1. The summed E-state index contributed by atoms with van der Waals surface area (Å²) in [5, 5.41) is 2.47. The third kappa shape index (κ3) is 4.54. The van der Waals surface area contributed by atoms with Crippen molar-refractivity contribution in [3.63, 3.8) is 0 Å². The van der Waals surface area contributed by atoms with E-state index < -0.39 is 17.6 Å². The van der Waals surface area contributed by atoms with Gasteiger partial charge in [0.05, 0.1) is 19.2 Å². The van der Waals surface area contributed by atoms with Gasteiger partial charge in [-0.1, -0.05) is 11.6 Å². The van der Waals surface area contributed by atoms with Gasteiger partial charge in [0.1, 0.15) is 5.82 Å².